The van der Waals surface area contributed by atoms with Crippen LogP contribution in [-0.4, -0.2) is 0 Å². The van der Waals surface area contributed by atoms with Gasteiger partial charge in [0.25, 0.3) is 0 Å². The van der Waals surface area contributed by atoms with Crippen LogP contribution in [0.1, 0.15) is 40.0 Å². The molecule has 0 unspecified atom stereocenters. The van der Waals surface area contributed by atoms with E-state index in [4.69, 9.17) is 0 Å². The Hall–Kier alpha value is -0.520. The zero-order chi connectivity index (χ0) is 8.69. The minimum absolute atomic E-state index is 1.15. The van der Waals surface area contributed by atoms with Gasteiger partial charge in [-0.1, -0.05) is 31.6 Å². The van der Waals surface area contributed by atoms with E-state index < -0.39 is 0 Å². The first-order valence-corrected chi connectivity index (χ1v) is 4.31. The van der Waals surface area contributed by atoms with E-state index in [1.165, 1.54) is 17.9 Å². The first kappa shape index (κ1) is 10.5. The van der Waals surface area contributed by atoms with Crippen molar-refractivity contribution >= 4 is 0 Å². The van der Waals surface area contributed by atoms with E-state index in [0.717, 1.165) is 12.8 Å². The summed E-state index contributed by atoms with van der Waals surface area (Å²) in [6.45, 7) is 10.2. The first-order chi connectivity index (χ1) is 5.20. The van der Waals surface area contributed by atoms with Gasteiger partial charge < -0.3 is 0 Å². The Morgan fingerprint density at radius 2 is 2.00 bits per heavy atom. The average Bonchev–Trinajstić information content (AvgIpc) is 2.04. The maximum atomic E-state index is 3.72. The maximum absolute atomic E-state index is 3.72. The standard InChI is InChI=1S/C11H19/c1-5-10(3)8-7-9-11(4)6-2/h5,9H,1,6-8H2,2-4H3/b11-9-. The molecule has 1 radical (unpaired) electrons. The van der Waals surface area contributed by atoms with Gasteiger partial charge in [-0.3, -0.25) is 0 Å². The van der Waals surface area contributed by atoms with Gasteiger partial charge in [0, 0.05) is 0 Å². The van der Waals surface area contributed by atoms with Gasteiger partial charge in [-0.05, 0) is 32.1 Å². The lowest BCUT2D eigenvalue weighted by molar-refractivity contribution is 0.885. The van der Waals surface area contributed by atoms with Gasteiger partial charge >= 0.3 is 0 Å². The molecule has 0 aliphatic carbocycles. The molecule has 0 aliphatic rings. The minimum Gasteiger partial charge on any atom is -0.103 e. The van der Waals surface area contributed by atoms with Crippen LogP contribution in [0, 0.1) is 5.92 Å². The molecule has 0 nitrogen and oxygen atoms in total. The summed E-state index contributed by atoms with van der Waals surface area (Å²) in [6.07, 6.45) is 7.74. The molecule has 0 rings (SSSR count). The van der Waals surface area contributed by atoms with Crippen molar-refractivity contribution in [1.29, 1.82) is 0 Å². The van der Waals surface area contributed by atoms with Gasteiger partial charge in [-0.15, -0.1) is 6.58 Å². The van der Waals surface area contributed by atoms with Crippen LogP contribution in [0.15, 0.2) is 24.3 Å². The van der Waals surface area contributed by atoms with E-state index >= 15 is 0 Å². The zero-order valence-electron chi connectivity index (χ0n) is 7.98. The van der Waals surface area contributed by atoms with E-state index in [9.17, 15) is 0 Å². The fourth-order valence-electron chi connectivity index (χ4n) is 0.793. The van der Waals surface area contributed by atoms with Crippen molar-refractivity contribution < 1.29 is 0 Å². The fraction of sp³-hybridized carbons (Fsp3) is 0.545. The Kier molecular flexibility index (Phi) is 5.91. The van der Waals surface area contributed by atoms with Crippen molar-refractivity contribution in [3.05, 3.63) is 30.2 Å². The minimum atomic E-state index is 1.15. The summed E-state index contributed by atoms with van der Waals surface area (Å²) < 4.78 is 0. The second-order valence-corrected chi connectivity index (χ2v) is 2.99. The van der Waals surface area contributed by atoms with Gasteiger partial charge in [-0.2, -0.15) is 0 Å². The number of hydrogen-bond donors (Lipinski definition) is 0. The number of allylic oxidation sites excluding steroid dienone is 3. The van der Waals surface area contributed by atoms with Crippen molar-refractivity contribution in [3.8, 4) is 0 Å². The normalized spacial score (nSPS) is 12.2. The molecular formula is C11H19. The molecule has 0 spiro atoms. The molecule has 0 heteroatoms. The zero-order valence-corrected chi connectivity index (χ0v) is 7.98. The Labute approximate surface area is 71.0 Å². The molecule has 0 aromatic carbocycles. The van der Waals surface area contributed by atoms with Crippen molar-refractivity contribution in [2.45, 2.75) is 40.0 Å². The molecule has 0 aliphatic heterocycles. The van der Waals surface area contributed by atoms with Crippen LogP contribution < -0.4 is 0 Å². The Morgan fingerprint density at radius 1 is 1.36 bits per heavy atom. The van der Waals surface area contributed by atoms with Gasteiger partial charge in [0.1, 0.15) is 0 Å². The van der Waals surface area contributed by atoms with E-state index in [2.05, 4.69) is 33.4 Å². The van der Waals surface area contributed by atoms with Crippen LogP contribution in [0.2, 0.25) is 0 Å². The second kappa shape index (κ2) is 6.21. The maximum Gasteiger partial charge on any atom is -0.00580 e. The highest BCUT2D eigenvalue weighted by molar-refractivity contribution is 5.05. The fourth-order valence-corrected chi connectivity index (χ4v) is 0.793. The van der Waals surface area contributed by atoms with Crippen molar-refractivity contribution in [2.75, 3.05) is 0 Å². The summed E-state index contributed by atoms with van der Waals surface area (Å²) >= 11 is 0. The summed E-state index contributed by atoms with van der Waals surface area (Å²) in [6, 6.07) is 0. The Morgan fingerprint density at radius 3 is 2.45 bits per heavy atom. The lowest BCUT2D eigenvalue weighted by Crippen LogP contribution is -1.84. The number of hydrogen-bond acceptors (Lipinski definition) is 0. The predicted molar refractivity (Wildman–Crippen MR) is 52.4 cm³/mol. The Balaban J connectivity index is 3.47. The first-order valence-electron chi connectivity index (χ1n) is 4.31. The second-order valence-electron chi connectivity index (χ2n) is 2.99. The molecule has 0 heterocycles. The molecule has 0 fully saturated rings. The molecule has 11 heavy (non-hydrogen) atoms. The van der Waals surface area contributed by atoms with Gasteiger partial charge in [0.2, 0.25) is 0 Å². The molecule has 63 valence electrons. The van der Waals surface area contributed by atoms with Crippen LogP contribution in [0.5, 0.6) is 0 Å². The molecule has 0 atom stereocenters. The van der Waals surface area contributed by atoms with Crippen LogP contribution in [0.25, 0.3) is 0 Å². The molecule has 0 bridgehead atoms. The summed E-state index contributed by atoms with van der Waals surface area (Å²) in [4.78, 5) is 0. The summed E-state index contributed by atoms with van der Waals surface area (Å²) in [5.41, 5.74) is 1.49. The van der Waals surface area contributed by atoms with Crippen molar-refractivity contribution in [1.82, 2.24) is 0 Å². The molecule has 0 amide bonds. The molecular weight excluding hydrogens is 132 g/mol. The van der Waals surface area contributed by atoms with Crippen LogP contribution in [-0.2, 0) is 0 Å². The molecule has 0 N–H and O–H groups in total. The lowest BCUT2D eigenvalue weighted by atomic mass is 10.0. The average molecular weight is 151 g/mol. The summed E-state index contributed by atoms with van der Waals surface area (Å²) in [7, 11) is 0. The Bertz CT molecular complexity index is 131. The van der Waals surface area contributed by atoms with Crippen molar-refractivity contribution in [2.24, 2.45) is 0 Å². The largest absolute Gasteiger partial charge is 0.103 e. The third-order valence-corrected chi connectivity index (χ3v) is 1.94. The van der Waals surface area contributed by atoms with E-state index in [0.29, 0.717) is 0 Å². The third-order valence-electron chi connectivity index (χ3n) is 1.94. The third kappa shape index (κ3) is 5.90. The van der Waals surface area contributed by atoms with E-state index in [1.807, 2.05) is 6.08 Å². The molecule has 0 aromatic rings. The smallest absolute Gasteiger partial charge is 0.00580 e. The van der Waals surface area contributed by atoms with E-state index in [-0.39, 0.29) is 0 Å². The van der Waals surface area contributed by atoms with Crippen LogP contribution in [0.4, 0.5) is 0 Å². The SMILES string of the molecule is C=C[C](C)CC/C=C(/C)CC. The highest BCUT2D eigenvalue weighted by Gasteiger charge is 1.93. The lowest BCUT2D eigenvalue weighted by Gasteiger charge is -2.01. The van der Waals surface area contributed by atoms with Crippen LogP contribution in [0.3, 0.4) is 0 Å². The molecule has 0 saturated carbocycles. The quantitative estimate of drug-likeness (QED) is 0.523. The monoisotopic (exact) mass is 151 g/mol. The van der Waals surface area contributed by atoms with Crippen LogP contribution >= 0.6 is 0 Å². The molecule has 0 aromatic heterocycles. The van der Waals surface area contributed by atoms with Gasteiger partial charge in [0.15, 0.2) is 0 Å². The molecule has 0 saturated heterocycles. The summed E-state index contributed by atoms with van der Waals surface area (Å²) in [5, 5.41) is 0. The number of rotatable bonds is 5. The predicted octanol–water partition coefficient (Wildman–Crippen LogP) is 3.90. The van der Waals surface area contributed by atoms with Crippen molar-refractivity contribution in [3.63, 3.8) is 0 Å². The topological polar surface area (TPSA) is 0 Å². The highest BCUT2D eigenvalue weighted by atomic mass is 14.0. The highest BCUT2D eigenvalue weighted by Crippen LogP contribution is 2.10. The van der Waals surface area contributed by atoms with E-state index in [1.54, 1.807) is 0 Å². The van der Waals surface area contributed by atoms with Gasteiger partial charge in [0.05, 0.1) is 0 Å². The van der Waals surface area contributed by atoms with Gasteiger partial charge in [-0.25, -0.2) is 0 Å². The summed E-state index contributed by atoms with van der Waals surface area (Å²) in [5.74, 6) is 1.38.